The second kappa shape index (κ2) is 3.42. The van der Waals surface area contributed by atoms with Crippen LogP contribution in [0.1, 0.15) is 12.5 Å². The average Bonchev–Trinajstić information content (AvgIpc) is 2.59. The topological polar surface area (TPSA) is 55.1 Å². The fourth-order valence-electron chi connectivity index (χ4n) is 1.79. The van der Waals surface area contributed by atoms with Crippen LogP contribution in [0.3, 0.4) is 0 Å². The molecule has 1 unspecified atom stereocenters. The molecular formula is C11H14N2O. The zero-order chi connectivity index (χ0) is 10.1. The number of nitrogens with two attached hydrogens (primary N) is 1. The van der Waals surface area contributed by atoms with Gasteiger partial charge in [0, 0.05) is 12.1 Å². The smallest absolute Gasteiger partial charge is 0.171 e. The van der Waals surface area contributed by atoms with E-state index in [4.69, 9.17) is 5.73 Å². The van der Waals surface area contributed by atoms with Gasteiger partial charge >= 0.3 is 0 Å². The lowest BCUT2D eigenvalue weighted by atomic mass is 10.0. The van der Waals surface area contributed by atoms with Gasteiger partial charge in [0.1, 0.15) is 0 Å². The molecule has 2 atom stereocenters. The number of ketones is 1. The normalized spacial score (nSPS) is 21.1. The summed E-state index contributed by atoms with van der Waals surface area (Å²) in [6, 6.07) is 7.46. The number of nitrogens with one attached hydrogen (secondary N) is 1. The lowest BCUT2D eigenvalue weighted by Crippen LogP contribution is -2.39. The number of anilines is 1. The number of rotatable bonds is 2. The summed E-state index contributed by atoms with van der Waals surface area (Å²) in [7, 11) is 0. The van der Waals surface area contributed by atoms with Gasteiger partial charge in [0.15, 0.2) is 5.78 Å². The van der Waals surface area contributed by atoms with Crippen molar-refractivity contribution in [1.29, 1.82) is 0 Å². The van der Waals surface area contributed by atoms with Gasteiger partial charge in [0.05, 0.1) is 12.1 Å². The molecule has 0 saturated heterocycles. The summed E-state index contributed by atoms with van der Waals surface area (Å²) in [5.41, 5.74) is 7.82. The number of benzene rings is 1. The Morgan fingerprint density at radius 3 is 2.93 bits per heavy atom. The molecule has 2 rings (SSSR count). The van der Waals surface area contributed by atoms with Crippen LogP contribution in [0.4, 0.5) is 5.69 Å². The lowest BCUT2D eigenvalue weighted by Gasteiger charge is -2.12. The third-order valence-corrected chi connectivity index (χ3v) is 2.56. The number of Topliss-reactive ketones (excluding diaryl/α,β-unsaturated/α-hetero) is 1. The number of para-hydroxylation sites is 1. The molecule has 0 spiro atoms. The van der Waals surface area contributed by atoms with Crippen molar-refractivity contribution in [3.05, 3.63) is 29.8 Å². The first-order chi connectivity index (χ1) is 6.68. The molecule has 1 aliphatic heterocycles. The molecule has 0 bridgehead atoms. The van der Waals surface area contributed by atoms with E-state index in [1.54, 1.807) is 6.92 Å². The average molecular weight is 190 g/mol. The van der Waals surface area contributed by atoms with Crippen LogP contribution >= 0.6 is 0 Å². The molecule has 1 aromatic carbocycles. The molecule has 1 heterocycles. The van der Waals surface area contributed by atoms with E-state index in [9.17, 15) is 4.79 Å². The van der Waals surface area contributed by atoms with Crippen LogP contribution in [0.25, 0.3) is 0 Å². The van der Waals surface area contributed by atoms with Gasteiger partial charge in [-0.2, -0.15) is 0 Å². The summed E-state index contributed by atoms with van der Waals surface area (Å²) >= 11 is 0. The molecule has 0 radical (unpaired) electrons. The summed E-state index contributed by atoms with van der Waals surface area (Å²) < 4.78 is 0. The van der Waals surface area contributed by atoms with Crippen LogP contribution in [-0.2, 0) is 11.2 Å². The van der Waals surface area contributed by atoms with Crippen LogP contribution in [0.2, 0.25) is 0 Å². The Labute approximate surface area is 83.3 Å². The van der Waals surface area contributed by atoms with Gasteiger partial charge < -0.3 is 11.1 Å². The van der Waals surface area contributed by atoms with Crippen LogP contribution < -0.4 is 11.1 Å². The number of carbonyl (C=O) groups excluding carboxylic acids is 1. The highest BCUT2D eigenvalue weighted by molar-refractivity contribution is 5.92. The second-order valence-corrected chi connectivity index (χ2v) is 3.75. The van der Waals surface area contributed by atoms with E-state index in [2.05, 4.69) is 5.32 Å². The van der Waals surface area contributed by atoms with Crippen molar-refractivity contribution < 1.29 is 4.79 Å². The number of fused-ring (bicyclic) bond motifs is 1. The van der Waals surface area contributed by atoms with E-state index >= 15 is 0 Å². The van der Waals surface area contributed by atoms with E-state index in [1.807, 2.05) is 24.3 Å². The molecule has 0 amide bonds. The van der Waals surface area contributed by atoms with Crippen molar-refractivity contribution in [3.8, 4) is 0 Å². The SMILES string of the molecule is C[C@H](N)C(=O)C1Cc2ccccc2N1. The Hall–Kier alpha value is -1.35. The Morgan fingerprint density at radius 1 is 1.57 bits per heavy atom. The second-order valence-electron chi connectivity index (χ2n) is 3.75. The zero-order valence-electron chi connectivity index (χ0n) is 8.16. The molecule has 0 fully saturated rings. The van der Waals surface area contributed by atoms with Crippen LogP contribution in [0, 0.1) is 0 Å². The monoisotopic (exact) mass is 190 g/mol. The largest absolute Gasteiger partial charge is 0.375 e. The van der Waals surface area contributed by atoms with E-state index in [-0.39, 0.29) is 17.9 Å². The first-order valence-electron chi connectivity index (χ1n) is 4.82. The molecule has 3 nitrogen and oxygen atoms in total. The van der Waals surface area contributed by atoms with Crippen molar-refractivity contribution in [2.24, 2.45) is 5.73 Å². The summed E-state index contributed by atoms with van der Waals surface area (Å²) in [4.78, 5) is 11.6. The van der Waals surface area contributed by atoms with Gasteiger partial charge in [-0.1, -0.05) is 18.2 Å². The Bertz CT molecular complexity index is 335. The van der Waals surface area contributed by atoms with Crippen molar-refractivity contribution in [1.82, 2.24) is 0 Å². The highest BCUT2D eigenvalue weighted by Crippen LogP contribution is 2.25. The highest BCUT2D eigenvalue weighted by atomic mass is 16.1. The molecule has 74 valence electrons. The summed E-state index contributed by atoms with van der Waals surface area (Å²) in [5, 5.41) is 3.19. The molecular weight excluding hydrogens is 176 g/mol. The van der Waals surface area contributed by atoms with Crippen LogP contribution in [0.15, 0.2) is 24.3 Å². The van der Waals surface area contributed by atoms with Gasteiger partial charge in [0.25, 0.3) is 0 Å². The standard InChI is InChI=1S/C11H14N2O/c1-7(12)11(14)10-6-8-4-2-3-5-9(8)13-10/h2-5,7,10,13H,6,12H2,1H3/t7-,10?/m0/s1. The molecule has 14 heavy (non-hydrogen) atoms. The van der Waals surface area contributed by atoms with Gasteiger partial charge in [0.2, 0.25) is 0 Å². The zero-order valence-corrected chi connectivity index (χ0v) is 8.16. The maximum Gasteiger partial charge on any atom is 0.171 e. The fourth-order valence-corrected chi connectivity index (χ4v) is 1.79. The minimum Gasteiger partial charge on any atom is -0.375 e. The third kappa shape index (κ3) is 1.51. The van der Waals surface area contributed by atoms with E-state index in [1.165, 1.54) is 5.56 Å². The number of hydrogen-bond donors (Lipinski definition) is 2. The first kappa shape index (κ1) is 9.21. The minimum absolute atomic E-state index is 0.0844. The molecule has 1 aliphatic rings. The fraction of sp³-hybridized carbons (Fsp3) is 0.364. The molecule has 1 aromatic rings. The molecule has 3 N–H and O–H groups in total. The first-order valence-corrected chi connectivity index (χ1v) is 4.82. The molecule has 0 aromatic heterocycles. The summed E-state index contributed by atoms with van der Waals surface area (Å²) in [6.45, 7) is 1.73. The van der Waals surface area contributed by atoms with E-state index in [0.717, 1.165) is 12.1 Å². The third-order valence-electron chi connectivity index (χ3n) is 2.56. The van der Waals surface area contributed by atoms with Crippen LogP contribution in [0.5, 0.6) is 0 Å². The van der Waals surface area contributed by atoms with Gasteiger partial charge in [-0.05, 0) is 18.6 Å². The van der Waals surface area contributed by atoms with Gasteiger partial charge in [-0.15, -0.1) is 0 Å². The van der Waals surface area contributed by atoms with Crippen molar-refractivity contribution >= 4 is 11.5 Å². The lowest BCUT2D eigenvalue weighted by molar-refractivity contribution is -0.120. The van der Waals surface area contributed by atoms with Crippen molar-refractivity contribution in [2.45, 2.75) is 25.4 Å². The molecule has 3 heteroatoms. The Kier molecular flexibility index (Phi) is 2.25. The summed E-state index contributed by atoms with van der Waals surface area (Å²) in [6.07, 6.45) is 0.760. The maximum absolute atomic E-state index is 11.6. The van der Waals surface area contributed by atoms with Gasteiger partial charge in [-0.3, -0.25) is 4.79 Å². The minimum atomic E-state index is -0.387. The predicted molar refractivity (Wildman–Crippen MR) is 56.2 cm³/mol. The predicted octanol–water partition coefficient (Wildman–Crippen LogP) is 0.939. The molecule has 0 aliphatic carbocycles. The quantitative estimate of drug-likeness (QED) is 0.729. The van der Waals surface area contributed by atoms with Crippen LogP contribution in [-0.4, -0.2) is 17.9 Å². The van der Waals surface area contributed by atoms with Crippen molar-refractivity contribution in [3.63, 3.8) is 0 Å². The Balaban J connectivity index is 2.16. The van der Waals surface area contributed by atoms with E-state index < -0.39 is 0 Å². The number of hydrogen-bond acceptors (Lipinski definition) is 3. The highest BCUT2D eigenvalue weighted by Gasteiger charge is 2.27. The molecule has 0 saturated carbocycles. The van der Waals surface area contributed by atoms with Gasteiger partial charge in [-0.25, -0.2) is 0 Å². The van der Waals surface area contributed by atoms with Crippen molar-refractivity contribution in [2.75, 3.05) is 5.32 Å². The Morgan fingerprint density at radius 2 is 2.29 bits per heavy atom. The van der Waals surface area contributed by atoms with E-state index in [0.29, 0.717) is 0 Å². The maximum atomic E-state index is 11.6. The number of carbonyl (C=O) groups is 1. The summed E-state index contributed by atoms with van der Waals surface area (Å²) in [5.74, 6) is 0.0844.